The molecule has 2 N–H and O–H groups in total. The number of phenolic OH excluding ortho intramolecular Hbond substituents is 1. The number of hydrazone groups is 1. The van der Waals surface area contributed by atoms with Gasteiger partial charge in [-0.2, -0.15) is 5.10 Å². The van der Waals surface area contributed by atoms with Crippen LogP contribution in [0.3, 0.4) is 0 Å². The summed E-state index contributed by atoms with van der Waals surface area (Å²) in [7, 11) is 1.51. The summed E-state index contributed by atoms with van der Waals surface area (Å²) in [5, 5.41) is 13.3. The number of hydrogen-bond acceptors (Lipinski definition) is 4. The number of carbonyl (C=O) groups excluding carboxylic acids is 1. The van der Waals surface area contributed by atoms with E-state index in [1.54, 1.807) is 12.1 Å². The van der Waals surface area contributed by atoms with Gasteiger partial charge < -0.3 is 9.84 Å². The van der Waals surface area contributed by atoms with E-state index in [0.717, 1.165) is 0 Å². The minimum atomic E-state index is -0.146. The Hall–Kier alpha value is -2.04. The Labute approximate surface area is 86.4 Å². The fraction of sp³-hybridized carbons (Fsp3) is 0.200. The number of nitrogens with zero attached hydrogens (tertiary/aromatic N) is 1. The SMILES string of the molecule is COc1cc(O)cc(C2=NNC(=O)C2)c1. The van der Waals surface area contributed by atoms with Gasteiger partial charge in [0.1, 0.15) is 11.5 Å². The first-order valence-corrected chi connectivity index (χ1v) is 4.43. The molecule has 0 aromatic heterocycles. The molecule has 0 aliphatic carbocycles. The highest BCUT2D eigenvalue weighted by atomic mass is 16.5. The molecule has 1 aromatic rings. The zero-order valence-corrected chi connectivity index (χ0v) is 8.15. The number of phenols is 1. The van der Waals surface area contributed by atoms with Gasteiger partial charge in [-0.1, -0.05) is 0 Å². The van der Waals surface area contributed by atoms with Crippen molar-refractivity contribution in [3.05, 3.63) is 23.8 Å². The van der Waals surface area contributed by atoms with Gasteiger partial charge in [-0.05, 0) is 12.1 Å². The first kappa shape index (κ1) is 9.51. The molecule has 15 heavy (non-hydrogen) atoms. The van der Waals surface area contributed by atoms with Crippen molar-refractivity contribution < 1.29 is 14.6 Å². The van der Waals surface area contributed by atoms with Crippen LogP contribution < -0.4 is 10.2 Å². The lowest BCUT2D eigenvalue weighted by molar-refractivity contribution is -0.119. The van der Waals surface area contributed by atoms with Crippen LogP contribution in [0.2, 0.25) is 0 Å². The van der Waals surface area contributed by atoms with E-state index in [0.29, 0.717) is 17.0 Å². The van der Waals surface area contributed by atoms with Gasteiger partial charge in [0.2, 0.25) is 5.91 Å². The number of methoxy groups -OCH3 is 1. The van der Waals surface area contributed by atoms with Crippen molar-refractivity contribution in [1.29, 1.82) is 0 Å². The number of hydrogen-bond donors (Lipinski definition) is 2. The quantitative estimate of drug-likeness (QED) is 0.745. The van der Waals surface area contributed by atoms with Gasteiger partial charge in [0.25, 0.3) is 0 Å². The maximum Gasteiger partial charge on any atom is 0.246 e. The second-order valence-electron chi connectivity index (χ2n) is 3.19. The van der Waals surface area contributed by atoms with Gasteiger partial charge in [0.05, 0.1) is 19.2 Å². The standard InChI is InChI=1S/C10H10N2O3/c1-15-8-3-6(2-7(13)4-8)9-5-10(14)12-11-9/h2-4,13H,5H2,1H3,(H,12,14). The van der Waals surface area contributed by atoms with E-state index in [2.05, 4.69) is 10.5 Å². The van der Waals surface area contributed by atoms with Crippen molar-refractivity contribution in [2.45, 2.75) is 6.42 Å². The summed E-state index contributed by atoms with van der Waals surface area (Å²) in [5.74, 6) is 0.478. The van der Waals surface area contributed by atoms with E-state index in [1.165, 1.54) is 13.2 Å². The molecule has 0 fully saturated rings. The van der Waals surface area contributed by atoms with Gasteiger partial charge in [-0.25, -0.2) is 5.43 Å². The average Bonchev–Trinajstić information content (AvgIpc) is 2.64. The molecule has 1 aromatic carbocycles. The Kier molecular flexibility index (Phi) is 2.29. The van der Waals surface area contributed by atoms with Gasteiger partial charge in [-0.3, -0.25) is 4.79 Å². The summed E-state index contributed by atoms with van der Waals surface area (Å²) in [6.07, 6.45) is 0.229. The maximum absolute atomic E-state index is 10.9. The van der Waals surface area contributed by atoms with Crippen molar-refractivity contribution in [2.75, 3.05) is 7.11 Å². The van der Waals surface area contributed by atoms with Crippen molar-refractivity contribution in [3.63, 3.8) is 0 Å². The van der Waals surface area contributed by atoms with Crippen LogP contribution in [0.25, 0.3) is 0 Å². The normalized spacial score (nSPS) is 14.7. The summed E-state index contributed by atoms with van der Waals surface area (Å²) in [6, 6.07) is 4.76. The number of amides is 1. The third-order valence-corrected chi connectivity index (χ3v) is 2.10. The van der Waals surface area contributed by atoms with Gasteiger partial charge in [0.15, 0.2) is 0 Å². The monoisotopic (exact) mass is 206 g/mol. The lowest BCUT2D eigenvalue weighted by Crippen LogP contribution is -2.09. The minimum absolute atomic E-state index is 0.0893. The highest BCUT2D eigenvalue weighted by molar-refractivity contribution is 6.13. The lowest BCUT2D eigenvalue weighted by Gasteiger charge is -2.04. The van der Waals surface area contributed by atoms with Crippen LogP contribution in [-0.4, -0.2) is 23.8 Å². The van der Waals surface area contributed by atoms with Crippen molar-refractivity contribution >= 4 is 11.6 Å². The summed E-state index contributed by atoms with van der Waals surface area (Å²) in [6.45, 7) is 0. The molecule has 2 rings (SSSR count). The van der Waals surface area contributed by atoms with Crippen molar-refractivity contribution in [1.82, 2.24) is 5.43 Å². The summed E-state index contributed by atoms with van der Waals surface area (Å²) >= 11 is 0. The smallest absolute Gasteiger partial charge is 0.246 e. The molecule has 1 aliphatic rings. The van der Waals surface area contributed by atoms with Crippen LogP contribution in [0.1, 0.15) is 12.0 Å². The third-order valence-electron chi connectivity index (χ3n) is 2.10. The number of nitrogens with one attached hydrogen (secondary N) is 1. The largest absolute Gasteiger partial charge is 0.508 e. The lowest BCUT2D eigenvalue weighted by atomic mass is 10.1. The first-order valence-electron chi connectivity index (χ1n) is 4.43. The van der Waals surface area contributed by atoms with Crippen LogP contribution in [0.4, 0.5) is 0 Å². The molecule has 5 heteroatoms. The number of carbonyl (C=O) groups is 1. The molecule has 1 amide bonds. The molecule has 78 valence electrons. The van der Waals surface area contributed by atoms with E-state index in [-0.39, 0.29) is 18.1 Å². The van der Waals surface area contributed by atoms with Crippen LogP contribution in [0.15, 0.2) is 23.3 Å². The fourth-order valence-corrected chi connectivity index (χ4v) is 1.40. The van der Waals surface area contributed by atoms with Crippen LogP contribution in [0.5, 0.6) is 11.5 Å². The van der Waals surface area contributed by atoms with E-state index < -0.39 is 0 Å². The summed E-state index contributed by atoms with van der Waals surface area (Å²) in [4.78, 5) is 10.9. The number of ether oxygens (including phenoxy) is 1. The van der Waals surface area contributed by atoms with Gasteiger partial charge in [0, 0.05) is 11.6 Å². The molecule has 0 bridgehead atoms. The van der Waals surface area contributed by atoms with Crippen LogP contribution in [0, 0.1) is 0 Å². The predicted molar refractivity (Wildman–Crippen MR) is 54.0 cm³/mol. The first-order chi connectivity index (χ1) is 7.19. The Bertz CT molecular complexity index is 440. The molecule has 1 heterocycles. The highest BCUT2D eigenvalue weighted by Crippen LogP contribution is 2.23. The summed E-state index contributed by atoms with van der Waals surface area (Å²) < 4.78 is 5.00. The Balaban J connectivity index is 2.36. The van der Waals surface area contributed by atoms with E-state index in [1.807, 2.05) is 0 Å². The molecule has 0 saturated heterocycles. The molecule has 0 spiro atoms. The van der Waals surface area contributed by atoms with E-state index in [9.17, 15) is 9.90 Å². The van der Waals surface area contributed by atoms with Crippen LogP contribution in [-0.2, 0) is 4.79 Å². The Morgan fingerprint density at radius 3 is 2.87 bits per heavy atom. The Morgan fingerprint density at radius 2 is 2.27 bits per heavy atom. The topological polar surface area (TPSA) is 70.9 Å². The summed E-state index contributed by atoms with van der Waals surface area (Å²) in [5.41, 5.74) is 3.64. The van der Waals surface area contributed by atoms with Gasteiger partial charge in [-0.15, -0.1) is 0 Å². The maximum atomic E-state index is 10.9. The molecule has 0 radical (unpaired) electrons. The molecule has 5 nitrogen and oxygen atoms in total. The zero-order chi connectivity index (χ0) is 10.8. The number of aromatic hydroxyl groups is 1. The minimum Gasteiger partial charge on any atom is -0.508 e. The van der Waals surface area contributed by atoms with Crippen LogP contribution >= 0.6 is 0 Å². The number of benzene rings is 1. The highest BCUT2D eigenvalue weighted by Gasteiger charge is 2.17. The van der Waals surface area contributed by atoms with Crippen molar-refractivity contribution in [2.24, 2.45) is 5.10 Å². The second kappa shape index (κ2) is 3.61. The zero-order valence-electron chi connectivity index (χ0n) is 8.15. The Morgan fingerprint density at radius 1 is 1.47 bits per heavy atom. The van der Waals surface area contributed by atoms with Crippen molar-refractivity contribution in [3.8, 4) is 11.5 Å². The molecule has 0 saturated carbocycles. The second-order valence-corrected chi connectivity index (χ2v) is 3.19. The molecule has 1 aliphatic heterocycles. The molecule has 0 atom stereocenters. The molecule has 0 unspecified atom stereocenters. The van der Waals surface area contributed by atoms with E-state index >= 15 is 0 Å². The molecular weight excluding hydrogens is 196 g/mol. The molecular formula is C10H10N2O3. The predicted octanol–water partition coefficient (Wildman–Crippen LogP) is 0.625. The number of rotatable bonds is 2. The fourth-order valence-electron chi connectivity index (χ4n) is 1.40. The van der Waals surface area contributed by atoms with Gasteiger partial charge >= 0.3 is 0 Å². The third kappa shape index (κ3) is 1.90. The van der Waals surface area contributed by atoms with E-state index in [4.69, 9.17) is 4.74 Å². The average molecular weight is 206 g/mol.